The van der Waals surface area contributed by atoms with Crippen LogP contribution in [0.25, 0.3) is 32.8 Å². The molecule has 0 amide bonds. The monoisotopic (exact) mass is 622 g/mol. The number of aryl methyl sites for hydroxylation is 3. The highest BCUT2D eigenvalue weighted by molar-refractivity contribution is 6.35. The fraction of sp³-hybridized carbons (Fsp3) is 0.273. The summed E-state index contributed by atoms with van der Waals surface area (Å²) in [6, 6.07) is 14.0. The maximum atomic E-state index is 13.7. The van der Waals surface area contributed by atoms with E-state index in [1.165, 1.54) is 12.1 Å². The highest BCUT2D eigenvalue weighted by Crippen LogP contribution is 2.42. The van der Waals surface area contributed by atoms with Gasteiger partial charge in [-0.3, -0.25) is 5.10 Å². The van der Waals surface area contributed by atoms with Crippen molar-refractivity contribution in [2.75, 3.05) is 13.2 Å². The average Bonchev–Trinajstić information content (AvgIpc) is 3.56. The SMILES string of the molecule is C=COC(=O)c1c(CCCOc2cccc3cc(F)ccc23)c2ccc(Cl)c(-c3c(CC)n[nH]c3CCl)c2n1CCCN. The summed E-state index contributed by atoms with van der Waals surface area (Å²) < 4.78 is 27.2. The first-order valence-electron chi connectivity index (χ1n) is 14.2. The third-order valence-corrected chi connectivity index (χ3v) is 8.10. The van der Waals surface area contributed by atoms with Gasteiger partial charge >= 0.3 is 5.97 Å². The summed E-state index contributed by atoms with van der Waals surface area (Å²) in [7, 11) is 0. The van der Waals surface area contributed by atoms with Crippen molar-refractivity contribution in [3.63, 3.8) is 0 Å². The van der Waals surface area contributed by atoms with Gasteiger partial charge < -0.3 is 19.8 Å². The van der Waals surface area contributed by atoms with Crippen LogP contribution >= 0.6 is 23.2 Å². The number of H-pyrrole nitrogens is 1. The molecule has 0 aliphatic carbocycles. The van der Waals surface area contributed by atoms with Gasteiger partial charge in [0.15, 0.2) is 0 Å². The van der Waals surface area contributed by atoms with Crippen LogP contribution in [0.15, 0.2) is 61.4 Å². The van der Waals surface area contributed by atoms with E-state index in [2.05, 4.69) is 16.8 Å². The number of hydrogen-bond donors (Lipinski definition) is 2. The molecule has 0 aliphatic rings. The standard InChI is InChI=1S/C33H33Cl2FN4O3/c1-3-26-30(27(19-34)39-38-26)29-25(35)14-13-24-23(32(33(41)42-4-2)40(31(24)29)16-7-15-37)9-6-17-43-28-10-5-8-20-18-21(36)11-12-22(20)28/h4-5,8,10-14,18H,2-3,6-7,9,15-17,19,37H2,1H3,(H,38,39). The number of nitrogens with two attached hydrogens (primary N) is 1. The molecule has 0 atom stereocenters. The third-order valence-electron chi connectivity index (χ3n) is 7.51. The maximum Gasteiger partial charge on any atom is 0.360 e. The Kier molecular flexibility index (Phi) is 9.70. The van der Waals surface area contributed by atoms with Crippen molar-refractivity contribution >= 4 is 50.8 Å². The molecule has 2 heterocycles. The van der Waals surface area contributed by atoms with E-state index in [4.69, 9.17) is 38.4 Å². The summed E-state index contributed by atoms with van der Waals surface area (Å²) in [6.45, 7) is 6.89. The Balaban J connectivity index is 1.60. The summed E-state index contributed by atoms with van der Waals surface area (Å²) in [5, 5.41) is 10.5. The zero-order valence-electron chi connectivity index (χ0n) is 23.9. The number of esters is 1. The van der Waals surface area contributed by atoms with Crippen LogP contribution in [-0.4, -0.2) is 33.9 Å². The minimum atomic E-state index is -0.516. The Morgan fingerprint density at radius 2 is 1.98 bits per heavy atom. The van der Waals surface area contributed by atoms with Crippen molar-refractivity contribution < 1.29 is 18.7 Å². The predicted octanol–water partition coefficient (Wildman–Crippen LogP) is 7.94. The Labute approximate surface area is 259 Å². The van der Waals surface area contributed by atoms with E-state index in [0.717, 1.165) is 56.0 Å². The number of nitrogens with one attached hydrogen (secondary N) is 1. The third kappa shape index (κ3) is 6.00. The van der Waals surface area contributed by atoms with E-state index in [0.29, 0.717) is 61.8 Å². The second-order valence-electron chi connectivity index (χ2n) is 10.1. The number of rotatable bonds is 13. The summed E-state index contributed by atoms with van der Waals surface area (Å²) in [5.74, 6) is 0.0740. The van der Waals surface area contributed by atoms with Gasteiger partial charge in [0.2, 0.25) is 0 Å². The van der Waals surface area contributed by atoms with Crippen LogP contribution in [0, 0.1) is 5.82 Å². The number of benzene rings is 3. The summed E-state index contributed by atoms with van der Waals surface area (Å²) in [6.07, 6.45) is 3.54. The topological polar surface area (TPSA) is 95.2 Å². The van der Waals surface area contributed by atoms with E-state index in [1.54, 1.807) is 6.07 Å². The molecule has 0 bridgehead atoms. The van der Waals surface area contributed by atoms with Crippen LogP contribution in [-0.2, 0) is 30.0 Å². The van der Waals surface area contributed by atoms with Crippen LogP contribution in [0.4, 0.5) is 4.39 Å². The van der Waals surface area contributed by atoms with Gasteiger partial charge in [-0.2, -0.15) is 5.10 Å². The molecule has 2 aromatic heterocycles. The zero-order valence-corrected chi connectivity index (χ0v) is 25.4. The first kappa shape index (κ1) is 30.6. The summed E-state index contributed by atoms with van der Waals surface area (Å²) >= 11 is 13.2. The number of aromatic nitrogens is 3. The molecule has 224 valence electrons. The highest BCUT2D eigenvalue weighted by atomic mass is 35.5. The number of alkyl halides is 1. The molecule has 7 nitrogen and oxygen atoms in total. The van der Waals surface area contributed by atoms with E-state index in [1.807, 2.05) is 41.8 Å². The van der Waals surface area contributed by atoms with Gasteiger partial charge in [0.1, 0.15) is 17.3 Å². The average molecular weight is 624 g/mol. The first-order chi connectivity index (χ1) is 20.9. The predicted molar refractivity (Wildman–Crippen MR) is 170 cm³/mol. The number of carbonyl (C=O) groups is 1. The first-order valence-corrected chi connectivity index (χ1v) is 15.1. The molecular formula is C33H33Cl2FN4O3. The molecule has 0 saturated heterocycles. The lowest BCUT2D eigenvalue weighted by Gasteiger charge is -2.14. The molecule has 0 radical (unpaired) electrons. The van der Waals surface area contributed by atoms with Crippen LogP contribution < -0.4 is 10.5 Å². The van der Waals surface area contributed by atoms with Gasteiger partial charge in [0, 0.05) is 28.4 Å². The van der Waals surface area contributed by atoms with Gasteiger partial charge in [-0.05, 0) is 73.5 Å². The van der Waals surface area contributed by atoms with E-state index >= 15 is 0 Å². The number of fused-ring (bicyclic) bond motifs is 2. The lowest BCUT2D eigenvalue weighted by atomic mass is 9.97. The number of nitrogens with zero attached hydrogens (tertiary/aromatic N) is 2. The van der Waals surface area contributed by atoms with Gasteiger partial charge in [-0.15, -0.1) is 11.6 Å². The van der Waals surface area contributed by atoms with Gasteiger partial charge in [0.05, 0.1) is 40.7 Å². The second-order valence-corrected chi connectivity index (χ2v) is 10.8. The highest BCUT2D eigenvalue weighted by Gasteiger charge is 2.28. The van der Waals surface area contributed by atoms with Crippen molar-refractivity contribution in [3.05, 3.63) is 94.9 Å². The molecule has 0 spiro atoms. The van der Waals surface area contributed by atoms with Gasteiger partial charge in [0.25, 0.3) is 0 Å². The van der Waals surface area contributed by atoms with Gasteiger partial charge in [-0.1, -0.05) is 43.3 Å². The van der Waals surface area contributed by atoms with Crippen LogP contribution in [0.3, 0.4) is 0 Å². The van der Waals surface area contributed by atoms with Crippen molar-refractivity contribution in [1.82, 2.24) is 14.8 Å². The van der Waals surface area contributed by atoms with Crippen LogP contribution in [0.2, 0.25) is 5.02 Å². The van der Waals surface area contributed by atoms with Crippen molar-refractivity contribution in [2.45, 2.75) is 45.0 Å². The summed E-state index contributed by atoms with van der Waals surface area (Å²) in [5.41, 5.74) is 11.1. The molecule has 3 aromatic carbocycles. The number of carbonyl (C=O) groups excluding carboxylic acids is 1. The number of halogens is 3. The lowest BCUT2D eigenvalue weighted by Crippen LogP contribution is -2.15. The quantitative estimate of drug-likeness (QED) is 0.0601. The molecule has 0 unspecified atom stereocenters. The Morgan fingerprint density at radius 3 is 2.72 bits per heavy atom. The van der Waals surface area contributed by atoms with Crippen LogP contribution in [0.1, 0.15) is 47.2 Å². The number of hydrogen-bond acceptors (Lipinski definition) is 5. The molecule has 5 rings (SSSR count). The Hall–Kier alpha value is -3.85. The smallest absolute Gasteiger partial charge is 0.360 e. The number of aromatic amines is 1. The summed E-state index contributed by atoms with van der Waals surface area (Å²) in [4.78, 5) is 13.5. The molecule has 3 N–H and O–H groups in total. The zero-order chi connectivity index (χ0) is 30.5. The molecule has 0 saturated carbocycles. The molecule has 10 heteroatoms. The maximum absolute atomic E-state index is 13.7. The fourth-order valence-corrected chi connectivity index (χ4v) is 6.11. The van der Waals surface area contributed by atoms with Crippen molar-refractivity contribution in [3.8, 4) is 16.9 Å². The molecule has 43 heavy (non-hydrogen) atoms. The van der Waals surface area contributed by atoms with Gasteiger partial charge in [-0.25, -0.2) is 9.18 Å². The minimum absolute atomic E-state index is 0.217. The normalized spacial score (nSPS) is 11.4. The Morgan fingerprint density at radius 1 is 1.16 bits per heavy atom. The fourth-order valence-electron chi connectivity index (χ4n) is 5.67. The lowest BCUT2D eigenvalue weighted by molar-refractivity contribution is 0.0651. The van der Waals surface area contributed by atoms with E-state index in [9.17, 15) is 9.18 Å². The molecule has 5 aromatic rings. The van der Waals surface area contributed by atoms with E-state index in [-0.39, 0.29) is 11.7 Å². The molecular weight excluding hydrogens is 590 g/mol. The molecule has 0 aliphatic heterocycles. The second kappa shape index (κ2) is 13.6. The number of ether oxygens (including phenoxy) is 2. The van der Waals surface area contributed by atoms with E-state index < -0.39 is 5.97 Å². The molecule has 0 fully saturated rings. The van der Waals surface area contributed by atoms with Crippen LogP contribution in [0.5, 0.6) is 5.75 Å². The minimum Gasteiger partial charge on any atom is -0.493 e. The van der Waals surface area contributed by atoms with Crippen molar-refractivity contribution in [1.29, 1.82) is 0 Å². The largest absolute Gasteiger partial charge is 0.493 e. The van der Waals surface area contributed by atoms with Crippen molar-refractivity contribution in [2.24, 2.45) is 5.73 Å². The Bertz CT molecular complexity index is 1780.